The van der Waals surface area contributed by atoms with Crippen molar-refractivity contribution in [3.05, 3.63) is 41.5 Å². The van der Waals surface area contributed by atoms with Gasteiger partial charge in [-0.25, -0.2) is 4.79 Å². The molecule has 126 valence electrons. The monoisotopic (exact) mass is 316 g/mol. The van der Waals surface area contributed by atoms with Gasteiger partial charge >= 0.3 is 6.09 Å². The van der Waals surface area contributed by atoms with Crippen molar-refractivity contribution >= 4 is 12.2 Å². The summed E-state index contributed by atoms with van der Waals surface area (Å²) in [4.78, 5) is 10.6. The fraction of sp³-hybridized carbons (Fsp3) is 0.526. The third kappa shape index (κ3) is 5.71. The third-order valence-corrected chi connectivity index (χ3v) is 4.39. The standard InChI is InChI=1S/C19H28N2O2/c1-4-15(10-14-8-6-5-7-9-14)16-11-17(16)20-12-19(2,3)13-21-18(22)23/h5-10,16-17,20-21H,4,11-13H2,1-3H3,(H,22,23). The summed E-state index contributed by atoms with van der Waals surface area (Å²) >= 11 is 0. The number of amides is 1. The van der Waals surface area contributed by atoms with Gasteiger partial charge in [0.05, 0.1) is 0 Å². The van der Waals surface area contributed by atoms with Gasteiger partial charge in [0.15, 0.2) is 0 Å². The van der Waals surface area contributed by atoms with E-state index in [0.29, 0.717) is 18.5 Å². The molecule has 0 bridgehead atoms. The maximum absolute atomic E-state index is 10.6. The van der Waals surface area contributed by atoms with Crippen LogP contribution in [0.4, 0.5) is 4.79 Å². The quantitative estimate of drug-likeness (QED) is 0.684. The van der Waals surface area contributed by atoms with E-state index in [1.54, 1.807) is 0 Å². The highest BCUT2D eigenvalue weighted by molar-refractivity contribution is 5.64. The molecule has 2 atom stereocenters. The fourth-order valence-electron chi connectivity index (χ4n) is 2.85. The summed E-state index contributed by atoms with van der Waals surface area (Å²) in [6.45, 7) is 7.65. The Morgan fingerprint density at radius 3 is 2.61 bits per heavy atom. The van der Waals surface area contributed by atoms with E-state index in [0.717, 1.165) is 13.0 Å². The minimum atomic E-state index is -0.957. The van der Waals surface area contributed by atoms with E-state index in [-0.39, 0.29) is 5.41 Å². The summed E-state index contributed by atoms with van der Waals surface area (Å²) in [7, 11) is 0. The summed E-state index contributed by atoms with van der Waals surface area (Å²) in [5.41, 5.74) is 2.68. The lowest BCUT2D eigenvalue weighted by atomic mass is 9.93. The maximum atomic E-state index is 10.6. The average Bonchev–Trinajstić information content (AvgIpc) is 3.29. The minimum Gasteiger partial charge on any atom is -0.465 e. The summed E-state index contributed by atoms with van der Waals surface area (Å²) in [6, 6.07) is 11.0. The van der Waals surface area contributed by atoms with Crippen LogP contribution in [0.25, 0.3) is 6.08 Å². The van der Waals surface area contributed by atoms with Crippen LogP contribution in [0.1, 0.15) is 39.2 Å². The summed E-state index contributed by atoms with van der Waals surface area (Å²) in [5.74, 6) is 0.614. The van der Waals surface area contributed by atoms with Crippen LogP contribution in [-0.2, 0) is 0 Å². The van der Waals surface area contributed by atoms with Gasteiger partial charge in [0.2, 0.25) is 0 Å². The topological polar surface area (TPSA) is 61.4 Å². The zero-order chi connectivity index (χ0) is 16.9. The Hall–Kier alpha value is -1.81. The highest BCUT2D eigenvalue weighted by Crippen LogP contribution is 2.40. The Morgan fingerprint density at radius 1 is 1.30 bits per heavy atom. The highest BCUT2D eigenvalue weighted by Gasteiger charge is 2.39. The first-order valence-electron chi connectivity index (χ1n) is 8.37. The molecule has 2 rings (SSSR count). The largest absolute Gasteiger partial charge is 0.465 e. The Bertz CT molecular complexity index is 552. The van der Waals surface area contributed by atoms with Gasteiger partial charge in [-0.1, -0.05) is 62.8 Å². The molecular weight excluding hydrogens is 288 g/mol. The van der Waals surface area contributed by atoms with Crippen LogP contribution in [-0.4, -0.2) is 30.3 Å². The summed E-state index contributed by atoms with van der Waals surface area (Å²) in [6.07, 6.45) is 3.60. The lowest BCUT2D eigenvalue weighted by Gasteiger charge is -2.25. The first kappa shape index (κ1) is 17.5. The van der Waals surface area contributed by atoms with E-state index in [2.05, 4.69) is 61.7 Å². The lowest BCUT2D eigenvalue weighted by Crippen LogP contribution is -2.40. The SMILES string of the molecule is CCC(=Cc1ccccc1)C1CC1NCC(C)(C)CNC(=O)O. The number of rotatable bonds is 8. The number of nitrogens with one attached hydrogen (secondary N) is 2. The van der Waals surface area contributed by atoms with Gasteiger partial charge in [-0.15, -0.1) is 0 Å². The second kappa shape index (κ2) is 7.64. The van der Waals surface area contributed by atoms with Gasteiger partial charge in [0.25, 0.3) is 0 Å². The molecule has 1 saturated carbocycles. The molecule has 0 aromatic heterocycles. The molecule has 4 heteroatoms. The van der Waals surface area contributed by atoms with Crippen LogP contribution >= 0.6 is 0 Å². The van der Waals surface area contributed by atoms with E-state index >= 15 is 0 Å². The molecular formula is C19H28N2O2. The number of carbonyl (C=O) groups is 1. The average molecular weight is 316 g/mol. The Kier molecular flexibility index (Phi) is 5.83. The van der Waals surface area contributed by atoms with Crippen LogP contribution in [0.15, 0.2) is 35.9 Å². The fourth-order valence-corrected chi connectivity index (χ4v) is 2.85. The van der Waals surface area contributed by atoms with Gasteiger partial charge in [-0.2, -0.15) is 0 Å². The predicted octanol–water partition coefficient (Wildman–Crippen LogP) is 3.75. The Balaban J connectivity index is 1.84. The predicted molar refractivity (Wildman–Crippen MR) is 94.4 cm³/mol. The molecule has 1 aromatic carbocycles. The van der Waals surface area contributed by atoms with E-state index in [4.69, 9.17) is 5.11 Å². The first-order valence-corrected chi connectivity index (χ1v) is 8.37. The number of carboxylic acid groups (broad SMARTS) is 1. The molecule has 0 radical (unpaired) electrons. The molecule has 1 fully saturated rings. The van der Waals surface area contributed by atoms with E-state index in [1.165, 1.54) is 17.6 Å². The zero-order valence-corrected chi connectivity index (χ0v) is 14.3. The van der Waals surface area contributed by atoms with Crippen molar-refractivity contribution in [2.75, 3.05) is 13.1 Å². The second-order valence-electron chi connectivity index (χ2n) is 7.14. The molecule has 23 heavy (non-hydrogen) atoms. The summed E-state index contributed by atoms with van der Waals surface area (Å²) in [5, 5.41) is 14.8. The molecule has 0 heterocycles. The third-order valence-electron chi connectivity index (χ3n) is 4.39. The van der Waals surface area contributed by atoms with Crippen molar-refractivity contribution < 1.29 is 9.90 Å². The van der Waals surface area contributed by atoms with Crippen molar-refractivity contribution in [2.45, 2.75) is 39.7 Å². The smallest absolute Gasteiger partial charge is 0.404 e. The molecule has 0 aliphatic heterocycles. The molecule has 0 saturated heterocycles. The van der Waals surface area contributed by atoms with Gasteiger partial charge in [0, 0.05) is 19.1 Å². The molecule has 1 aliphatic carbocycles. The van der Waals surface area contributed by atoms with Gasteiger partial charge in [-0.3, -0.25) is 0 Å². The van der Waals surface area contributed by atoms with Crippen LogP contribution in [0, 0.1) is 11.3 Å². The van der Waals surface area contributed by atoms with Crippen molar-refractivity contribution in [3.8, 4) is 0 Å². The van der Waals surface area contributed by atoms with Crippen LogP contribution < -0.4 is 10.6 Å². The minimum absolute atomic E-state index is 0.0823. The van der Waals surface area contributed by atoms with Crippen molar-refractivity contribution in [2.24, 2.45) is 11.3 Å². The molecule has 1 amide bonds. The first-order chi connectivity index (χ1) is 10.9. The Labute approximate surface area is 139 Å². The van der Waals surface area contributed by atoms with Crippen molar-refractivity contribution in [1.29, 1.82) is 0 Å². The summed E-state index contributed by atoms with van der Waals surface area (Å²) < 4.78 is 0. The lowest BCUT2D eigenvalue weighted by molar-refractivity contribution is 0.187. The van der Waals surface area contributed by atoms with Gasteiger partial charge in [-0.05, 0) is 29.7 Å². The molecule has 0 spiro atoms. The van der Waals surface area contributed by atoms with E-state index in [1.807, 2.05) is 6.07 Å². The van der Waals surface area contributed by atoms with E-state index in [9.17, 15) is 4.79 Å². The van der Waals surface area contributed by atoms with Crippen LogP contribution in [0.5, 0.6) is 0 Å². The molecule has 4 nitrogen and oxygen atoms in total. The second-order valence-corrected chi connectivity index (χ2v) is 7.14. The number of hydrogen-bond acceptors (Lipinski definition) is 2. The van der Waals surface area contributed by atoms with Crippen LogP contribution in [0.3, 0.4) is 0 Å². The molecule has 2 unspecified atom stereocenters. The Morgan fingerprint density at radius 2 is 2.00 bits per heavy atom. The van der Waals surface area contributed by atoms with Crippen LogP contribution in [0.2, 0.25) is 0 Å². The van der Waals surface area contributed by atoms with E-state index < -0.39 is 6.09 Å². The van der Waals surface area contributed by atoms with Crippen molar-refractivity contribution in [3.63, 3.8) is 0 Å². The van der Waals surface area contributed by atoms with Gasteiger partial charge in [0.1, 0.15) is 0 Å². The zero-order valence-electron chi connectivity index (χ0n) is 14.3. The normalized spacial score (nSPS) is 21.1. The maximum Gasteiger partial charge on any atom is 0.404 e. The molecule has 1 aliphatic rings. The van der Waals surface area contributed by atoms with Crippen molar-refractivity contribution in [1.82, 2.24) is 10.6 Å². The molecule has 3 N–H and O–H groups in total. The number of hydrogen-bond donors (Lipinski definition) is 3. The van der Waals surface area contributed by atoms with Gasteiger partial charge < -0.3 is 15.7 Å². The molecule has 1 aromatic rings. The highest BCUT2D eigenvalue weighted by atomic mass is 16.4. The number of benzene rings is 1.